The van der Waals surface area contributed by atoms with E-state index in [-0.39, 0.29) is 5.97 Å². The lowest BCUT2D eigenvalue weighted by Crippen LogP contribution is -2.07. The minimum Gasteiger partial charge on any atom is -0.462 e. The van der Waals surface area contributed by atoms with Crippen LogP contribution in [0.15, 0.2) is 42.7 Å². The molecule has 0 spiro atoms. The third-order valence-electron chi connectivity index (χ3n) is 3.76. The molecular weight excluding hydrogens is 252 g/mol. The highest BCUT2D eigenvalue weighted by atomic mass is 16.5. The summed E-state index contributed by atoms with van der Waals surface area (Å²) in [5, 5.41) is 4.21. The van der Waals surface area contributed by atoms with Gasteiger partial charge in [0.2, 0.25) is 0 Å². The average molecular weight is 270 g/mol. The van der Waals surface area contributed by atoms with Crippen molar-refractivity contribution >= 4 is 5.97 Å². The second-order valence-corrected chi connectivity index (χ2v) is 5.48. The van der Waals surface area contributed by atoms with Crippen LogP contribution in [0.3, 0.4) is 0 Å². The zero-order valence-corrected chi connectivity index (χ0v) is 11.5. The standard InChI is InChI=1S/C16H18N2O2/c1-12-7-14(12)11-20-16(19)15-8-17-18(10-15)9-13-5-3-2-4-6-13/h2-6,8,10,12,14H,7,9,11H2,1H3/t12-,14-/m0/s1. The molecule has 0 N–H and O–H groups in total. The second-order valence-electron chi connectivity index (χ2n) is 5.48. The van der Waals surface area contributed by atoms with E-state index >= 15 is 0 Å². The van der Waals surface area contributed by atoms with Gasteiger partial charge in [-0.1, -0.05) is 37.3 Å². The summed E-state index contributed by atoms with van der Waals surface area (Å²) in [6.45, 7) is 3.37. The molecule has 104 valence electrons. The van der Waals surface area contributed by atoms with Crippen LogP contribution in [0.4, 0.5) is 0 Å². The van der Waals surface area contributed by atoms with Crippen molar-refractivity contribution in [2.24, 2.45) is 11.8 Å². The molecule has 1 aromatic heterocycles. The average Bonchev–Trinajstić information content (AvgIpc) is 2.97. The van der Waals surface area contributed by atoms with Gasteiger partial charge in [0, 0.05) is 6.20 Å². The predicted octanol–water partition coefficient (Wildman–Crippen LogP) is 2.74. The highest BCUT2D eigenvalue weighted by Gasteiger charge is 2.33. The van der Waals surface area contributed by atoms with Gasteiger partial charge in [-0.25, -0.2) is 4.79 Å². The van der Waals surface area contributed by atoms with Crippen molar-refractivity contribution in [1.82, 2.24) is 9.78 Å². The molecule has 2 aromatic rings. The van der Waals surface area contributed by atoms with Gasteiger partial charge in [0.25, 0.3) is 0 Å². The quantitative estimate of drug-likeness (QED) is 0.785. The molecule has 1 aliphatic carbocycles. The molecular formula is C16H18N2O2. The van der Waals surface area contributed by atoms with Gasteiger partial charge in [0.15, 0.2) is 0 Å². The Labute approximate surface area is 118 Å². The van der Waals surface area contributed by atoms with Crippen LogP contribution in [0.25, 0.3) is 0 Å². The maximum Gasteiger partial charge on any atom is 0.341 e. The van der Waals surface area contributed by atoms with Crippen molar-refractivity contribution in [3.8, 4) is 0 Å². The molecule has 0 unspecified atom stereocenters. The summed E-state index contributed by atoms with van der Waals surface area (Å²) in [6.07, 6.45) is 4.48. The van der Waals surface area contributed by atoms with Gasteiger partial charge in [0.1, 0.15) is 0 Å². The molecule has 0 bridgehead atoms. The molecule has 1 heterocycles. The molecule has 20 heavy (non-hydrogen) atoms. The lowest BCUT2D eigenvalue weighted by atomic mass is 10.2. The highest BCUT2D eigenvalue weighted by Crippen LogP contribution is 2.37. The molecule has 4 nitrogen and oxygen atoms in total. The number of nitrogens with zero attached hydrogens (tertiary/aromatic N) is 2. The van der Waals surface area contributed by atoms with Gasteiger partial charge < -0.3 is 4.74 Å². The summed E-state index contributed by atoms with van der Waals surface area (Å²) in [7, 11) is 0. The van der Waals surface area contributed by atoms with E-state index in [1.807, 2.05) is 30.3 Å². The van der Waals surface area contributed by atoms with Crippen LogP contribution in [0.1, 0.15) is 29.3 Å². The van der Waals surface area contributed by atoms with E-state index in [1.54, 1.807) is 17.1 Å². The summed E-state index contributed by atoms with van der Waals surface area (Å²) in [6, 6.07) is 10.0. The van der Waals surface area contributed by atoms with E-state index in [0.717, 1.165) is 5.56 Å². The molecule has 3 rings (SSSR count). The Morgan fingerprint density at radius 1 is 1.40 bits per heavy atom. The molecule has 1 saturated carbocycles. The van der Waals surface area contributed by atoms with Crippen LogP contribution in [0.5, 0.6) is 0 Å². The minimum absolute atomic E-state index is 0.275. The van der Waals surface area contributed by atoms with Crippen LogP contribution in [-0.4, -0.2) is 22.4 Å². The second kappa shape index (κ2) is 5.49. The smallest absolute Gasteiger partial charge is 0.341 e. The van der Waals surface area contributed by atoms with Crippen LogP contribution < -0.4 is 0 Å². The molecule has 1 aliphatic rings. The number of aromatic nitrogens is 2. The number of carbonyl (C=O) groups is 1. The number of hydrogen-bond donors (Lipinski definition) is 0. The summed E-state index contributed by atoms with van der Waals surface area (Å²) < 4.78 is 7.05. The third-order valence-corrected chi connectivity index (χ3v) is 3.76. The summed E-state index contributed by atoms with van der Waals surface area (Å²) in [4.78, 5) is 11.9. The Hall–Kier alpha value is -2.10. The lowest BCUT2D eigenvalue weighted by molar-refractivity contribution is 0.0481. The first-order valence-corrected chi connectivity index (χ1v) is 6.96. The van der Waals surface area contributed by atoms with E-state index in [0.29, 0.717) is 30.6 Å². The number of rotatable bonds is 5. The van der Waals surface area contributed by atoms with Gasteiger partial charge >= 0.3 is 5.97 Å². The number of ether oxygens (including phenoxy) is 1. The van der Waals surface area contributed by atoms with Crippen LogP contribution >= 0.6 is 0 Å². The van der Waals surface area contributed by atoms with Crippen LogP contribution in [0, 0.1) is 11.8 Å². The Morgan fingerprint density at radius 3 is 2.85 bits per heavy atom. The van der Waals surface area contributed by atoms with Crippen molar-refractivity contribution in [3.05, 3.63) is 53.9 Å². The molecule has 2 atom stereocenters. The Balaban J connectivity index is 1.57. The fraction of sp³-hybridized carbons (Fsp3) is 0.375. The monoisotopic (exact) mass is 270 g/mol. The zero-order valence-electron chi connectivity index (χ0n) is 11.5. The van der Waals surface area contributed by atoms with E-state index in [4.69, 9.17) is 4.74 Å². The van der Waals surface area contributed by atoms with E-state index < -0.39 is 0 Å². The summed E-state index contributed by atoms with van der Waals surface area (Å²) >= 11 is 0. The Morgan fingerprint density at radius 2 is 2.15 bits per heavy atom. The zero-order chi connectivity index (χ0) is 13.9. The van der Waals surface area contributed by atoms with E-state index in [2.05, 4.69) is 12.0 Å². The van der Waals surface area contributed by atoms with Crippen LogP contribution in [-0.2, 0) is 11.3 Å². The van der Waals surface area contributed by atoms with Crippen molar-refractivity contribution in [2.45, 2.75) is 19.9 Å². The molecule has 1 aromatic carbocycles. The van der Waals surface area contributed by atoms with Crippen molar-refractivity contribution in [2.75, 3.05) is 6.61 Å². The largest absolute Gasteiger partial charge is 0.462 e. The van der Waals surface area contributed by atoms with Crippen molar-refractivity contribution in [3.63, 3.8) is 0 Å². The molecule has 1 fully saturated rings. The van der Waals surface area contributed by atoms with Crippen molar-refractivity contribution < 1.29 is 9.53 Å². The van der Waals surface area contributed by atoms with Gasteiger partial charge in [-0.15, -0.1) is 0 Å². The topological polar surface area (TPSA) is 44.1 Å². The maximum absolute atomic E-state index is 11.9. The number of hydrogen-bond acceptors (Lipinski definition) is 3. The molecule has 0 radical (unpaired) electrons. The summed E-state index contributed by atoms with van der Waals surface area (Å²) in [5.74, 6) is 0.977. The molecule has 0 aliphatic heterocycles. The highest BCUT2D eigenvalue weighted by molar-refractivity contribution is 5.88. The fourth-order valence-corrected chi connectivity index (χ4v) is 2.22. The Bertz CT molecular complexity index is 592. The van der Waals surface area contributed by atoms with Gasteiger partial charge in [0.05, 0.1) is 24.9 Å². The summed E-state index contributed by atoms with van der Waals surface area (Å²) in [5.41, 5.74) is 1.68. The number of carbonyl (C=O) groups excluding carboxylic acids is 1. The predicted molar refractivity (Wildman–Crippen MR) is 75.3 cm³/mol. The maximum atomic E-state index is 11.9. The first kappa shape index (κ1) is 12.9. The number of benzene rings is 1. The SMILES string of the molecule is C[C@H]1C[C@H]1COC(=O)c1cnn(Cc2ccccc2)c1. The normalized spacial score (nSPS) is 20.6. The third kappa shape index (κ3) is 3.07. The molecule has 4 heteroatoms. The fourth-order valence-electron chi connectivity index (χ4n) is 2.22. The van der Waals surface area contributed by atoms with Gasteiger partial charge in [-0.05, 0) is 23.8 Å². The first-order chi connectivity index (χ1) is 9.72. The Kier molecular flexibility index (Phi) is 3.54. The van der Waals surface area contributed by atoms with Gasteiger partial charge in [-0.3, -0.25) is 4.68 Å². The number of esters is 1. The first-order valence-electron chi connectivity index (χ1n) is 6.96. The van der Waals surface area contributed by atoms with Crippen LogP contribution in [0.2, 0.25) is 0 Å². The van der Waals surface area contributed by atoms with E-state index in [9.17, 15) is 4.79 Å². The van der Waals surface area contributed by atoms with E-state index in [1.165, 1.54) is 6.42 Å². The molecule has 0 saturated heterocycles. The lowest BCUT2D eigenvalue weighted by Gasteiger charge is -2.02. The minimum atomic E-state index is -0.275. The van der Waals surface area contributed by atoms with Gasteiger partial charge in [-0.2, -0.15) is 5.10 Å². The van der Waals surface area contributed by atoms with Crippen molar-refractivity contribution in [1.29, 1.82) is 0 Å². The molecule has 0 amide bonds.